The molecule has 0 spiro atoms. The van der Waals surface area contributed by atoms with E-state index >= 15 is 0 Å². The second-order valence-corrected chi connectivity index (χ2v) is 10.1. The second-order valence-electron chi connectivity index (χ2n) is 8.02. The Labute approximate surface area is 180 Å². The molecule has 2 aromatic carbocycles. The highest BCUT2D eigenvalue weighted by molar-refractivity contribution is 7.92. The molecular weight excluding hydrogens is 420 g/mol. The Kier molecular flexibility index (Phi) is 5.03. The topological polar surface area (TPSA) is 76.4 Å². The van der Waals surface area contributed by atoms with Crippen LogP contribution in [0.4, 0.5) is 5.82 Å². The van der Waals surface area contributed by atoms with E-state index in [0.29, 0.717) is 22.2 Å². The normalized spacial score (nSPS) is 12.3. The van der Waals surface area contributed by atoms with Gasteiger partial charge in [-0.1, -0.05) is 56.6 Å². The molecule has 0 aliphatic carbocycles. The molecule has 0 atom stereocenters. The number of aromatic nitrogens is 3. The monoisotopic (exact) mass is 440 g/mol. The van der Waals surface area contributed by atoms with Crippen molar-refractivity contribution in [3.63, 3.8) is 0 Å². The van der Waals surface area contributed by atoms with Crippen molar-refractivity contribution in [3.05, 3.63) is 77.4 Å². The van der Waals surface area contributed by atoms with Gasteiger partial charge in [0.05, 0.1) is 10.6 Å². The number of anilines is 1. The number of fused-ring (bicyclic) bond motifs is 1. The summed E-state index contributed by atoms with van der Waals surface area (Å²) in [4.78, 5) is 4.47. The molecule has 0 fully saturated rings. The van der Waals surface area contributed by atoms with Crippen LogP contribution < -0.4 is 4.72 Å². The third kappa shape index (κ3) is 4.04. The first-order chi connectivity index (χ1) is 14.1. The minimum Gasteiger partial charge on any atom is -0.263 e. The van der Waals surface area contributed by atoms with Crippen LogP contribution >= 0.6 is 11.6 Å². The second kappa shape index (κ2) is 7.41. The van der Waals surface area contributed by atoms with E-state index in [9.17, 15) is 8.42 Å². The summed E-state index contributed by atoms with van der Waals surface area (Å²) >= 11 is 5.95. The van der Waals surface area contributed by atoms with Gasteiger partial charge in [-0.25, -0.2) is 13.4 Å². The molecule has 154 valence electrons. The Morgan fingerprint density at radius 3 is 2.27 bits per heavy atom. The average molecular weight is 441 g/mol. The molecule has 30 heavy (non-hydrogen) atoms. The average Bonchev–Trinajstić information content (AvgIpc) is 3.13. The standard InChI is InChI=1S/C22H21ClN4O2S/c1-22(2,3)16-6-10-18(11-7-16)30(28,29)26-20-12-13-24-21-14-19(25-27(20)21)15-4-8-17(23)9-5-15/h4-14,26H,1-3H3. The molecule has 4 rings (SSSR count). The maximum atomic E-state index is 12.9. The molecule has 1 N–H and O–H groups in total. The molecule has 0 saturated heterocycles. The van der Waals surface area contributed by atoms with Gasteiger partial charge in [0, 0.05) is 22.8 Å². The van der Waals surface area contributed by atoms with E-state index in [-0.39, 0.29) is 10.3 Å². The van der Waals surface area contributed by atoms with Gasteiger partial charge >= 0.3 is 0 Å². The number of rotatable bonds is 4. The lowest BCUT2D eigenvalue weighted by Crippen LogP contribution is -2.16. The van der Waals surface area contributed by atoms with Crippen LogP contribution in [0.15, 0.2) is 71.8 Å². The van der Waals surface area contributed by atoms with E-state index < -0.39 is 10.0 Å². The first-order valence-corrected chi connectivity index (χ1v) is 11.2. The summed E-state index contributed by atoms with van der Waals surface area (Å²) in [5.74, 6) is 0.306. The number of nitrogens with zero attached hydrogens (tertiary/aromatic N) is 3. The van der Waals surface area contributed by atoms with Crippen molar-refractivity contribution in [2.45, 2.75) is 31.1 Å². The van der Waals surface area contributed by atoms with Gasteiger partial charge in [-0.05, 0) is 41.3 Å². The van der Waals surface area contributed by atoms with Crippen LogP contribution in [0.1, 0.15) is 26.3 Å². The first-order valence-electron chi connectivity index (χ1n) is 9.38. The van der Waals surface area contributed by atoms with Gasteiger partial charge in [0.2, 0.25) is 0 Å². The molecule has 6 nitrogen and oxygen atoms in total. The lowest BCUT2D eigenvalue weighted by atomic mass is 9.87. The first kappa shape index (κ1) is 20.4. The number of sulfonamides is 1. The highest BCUT2D eigenvalue weighted by Gasteiger charge is 2.19. The van der Waals surface area contributed by atoms with E-state index in [2.05, 4.69) is 35.6 Å². The van der Waals surface area contributed by atoms with Gasteiger partial charge in [-0.15, -0.1) is 0 Å². The molecular formula is C22H21ClN4O2S. The van der Waals surface area contributed by atoms with Crippen molar-refractivity contribution in [2.24, 2.45) is 0 Å². The van der Waals surface area contributed by atoms with E-state index in [1.54, 1.807) is 42.6 Å². The SMILES string of the molecule is CC(C)(C)c1ccc(S(=O)(=O)Nc2ccnc3cc(-c4ccc(Cl)cc4)nn23)cc1. The number of nitrogens with one attached hydrogen (secondary N) is 1. The number of benzene rings is 2. The predicted octanol–water partition coefficient (Wildman–Crippen LogP) is 5.15. The zero-order chi connectivity index (χ0) is 21.5. The molecule has 0 aliphatic heterocycles. The van der Waals surface area contributed by atoms with Crippen molar-refractivity contribution in [1.82, 2.24) is 14.6 Å². The zero-order valence-corrected chi connectivity index (χ0v) is 18.4. The molecule has 0 saturated carbocycles. The maximum absolute atomic E-state index is 12.9. The lowest BCUT2D eigenvalue weighted by molar-refractivity contribution is 0.587. The molecule has 4 aromatic rings. The van der Waals surface area contributed by atoms with Gasteiger partial charge in [-0.2, -0.15) is 9.61 Å². The molecule has 2 heterocycles. The summed E-state index contributed by atoms with van der Waals surface area (Å²) in [6, 6.07) is 17.5. The molecule has 0 unspecified atom stereocenters. The fourth-order valence-electron chi connectivity index (χ4n) is 3.06. The number of halogens is 1. The summed E-state index contributed by atoms with van der Waals surface area (Å²) in [5.41, 5.74) is 3.06. The van der Waals surface area contributed by atoms with Gasteiger partial charge < -0.3 is 0 Å². The fraction of sp³-hybridized carbons (Fsp3) is 0.182. The molecule has 8 heteroatoms. The van der Waals surface area contributed by atoms with Crippen LogP contribution in [0.25, 0.3) is 16.9 Å². The Morgan fingerprint density at radius 1 is 0.967 bits per heavy atom. The highest BCUT2D eigenvalue weighted by atomic mass is 35.5. The van der Waals surface area contributed by atoms with Crippen LogP contribution in [0, 0.1) is 0 Å². The van der Waals surface area contributed by atoms with E-state index in [1.165, 1.54) is 4.52 Å². The highest BCUT2D eigenvalue weighted by Crippen LogP contribution is 2.26. The summed E-state index contributed by atoms with van der Waals surface area (Å²) in [6.07, 6.45) is 1.54. The summed E-state index contributed by atoms with van der Waals surface area (Å²) in [6.45, 7) is 6.25. The van der Waals surface area contributed by atoms with Crippen LogP contribution in [0.3, 0.4) is 0 Å². The fourth-order valence-corrected chi connectivity index (χ4v) is 4.23. The molecule has 0 amide bonds. The third-order valence-corrected chi connectivity index (χ3v) is 6.39. The minimum atomic E-state index is -3.78. The zero-order valence-electron chi connectivity index (χ0n) is 16.8. The van der Waals surface area contributed by atoms with Crippen LogP contribution in [-0.2, 0) is 15.4 Å². The summed E-state index contributed by atoms with van der Waals surface area (Å²) < 4.78 is 30.0. The Bertz CT molecular complexity index is 1310. The van der Waals surface area contributed by atoms with Gasteiger partial charge in [0.25, 0.3) is 10.0 Å². The number of hydrogen-bond acceptors (Lipinski definition) is 4. The van der Waals surface area contributed by atoms with Crippen molar-refractivity contribution in [1.29, 1.82) is 0 Å². The maximum Gasteiger partial charge on any atom is 0.263 e. The Hall–Kier alpha value is -2.90. The van der Waals surface area contributed by atoms with E-state index in [1.807, 2.05) is 24.3 Å². The van der Waals surface area contributed by atoms with Crippen LogP contribution in [-0.4, -0.2) is 23.0 Å². The van der Waals surface area contributed by atoms with Gasteiger partial charge in [0.15, 0.2) is 5.65 Å². The van der Waals surface area contributed by atoms with E-state index in [0.717, 1.165) is 11.1 Å². The van der Waals surface area contributed by atoms with Crippen molar-refractivity contribution >= 4 is 33.1 Å². The van der Waals surface area contributed by atoms with Crippen molar-refractivity contribution < 1.29 is 8.42 Å². The van der Waals surface area contributed by atoms with Crippen LogP contribution in [0.5, 0.6) is 0 Å². The third-order valence-electron chi connectivity index (χ3n) is 4.77. The predicted molar refractivity (Wildman–Crippen MR) is 119 cm³/mol. The molecule has 0 radical (unpaired) electrons. The van der Waals surface area contributed by atoms with Crippen molar-refractivity contribution in [2.75, 3.05) is 4.72 Å². The Balaban J connectivity index is 1.68. The smallest absolute Gasteiger partial charge is 0.263 e. The minimum absolute atomic E-state index is 0.0554. The molecule has 0 aliphatic rings. The summed E-state index contributed by atoms with van der Waals surface area (Å²) in [5, 5.41) is 5.15. The van der Waals surface area contributed by atoms with Crippen molar-refractivity contribution in [3.8, 4) is 11.3 Å². The van der Waals surface area contributed by atoms with E-state index in [4.69, 9.17) is 11.6 Å². The number of hydrogen-bond donors (Lipinski definition) is 1. The van der Waals surface area contributed by atoms with Crippen LogP contribution in [0.2, 0.25) is 5.02 Å². The molecule has 0 bridgehead atoms. The van der Waals surface area contributed by atoms with Gasteiger partial charge in [-0.3, -0.25) is 4.72 Å². The summed E-state index contributed by atoms with van der Waals surface area (Å²) in [7, 11) is -3.78. The Morgan fingerprint density at radius 2 is 1.63 bits per heavy atom. The quantitative estimate of drug-likeness (QED) is 0.476. The molecule has 2 aromatic heterocycles. The largest absolute Gasteiger partial charge is 0.263 e. The lowest BCUT2D eigenvalue weighted by Gasteiger charge is -2.19. The van der Waals surface area contributed by atoms with Gasteiger partial charge in [0.1, 0.15) is 5.82 Å².